The lowest BCUT2D eigenvalue weighted by Gasteiger charge is -2.20. The molecule has 24 heavy (non-hydrogen) atoms. The minimum atomic E-state index is 0.142. The average Bonchev–Trinajstić information content (AvgIpc) is 2.98. The van der Waals surface area contributed by atoms with E-state index in [-0.39, 0.29) is 5.91 Å². The van der Waals surface area contributed by atoms with Crippen LogP contribution in [0.15, 0.2) is 47.8 Å². The van der Waals surface area contributed by atoms with E-state index in [0.717, 1.165) is 20.9 Å². The van der Waals surface area contributed by atoms with Crippen LogP contribution in [0.25, 0.3) is 10.2 Å². The summed E-state index contributed by atoms with van der Waals surface area (Å²) < 4.78 is 0. The molecule has 0 aliphatic carbocycles. The fourth-order valence-electron chi connectivity index (χ4n) is 2.55. The molecular formula is C18H19N3OS2. The number of fused-ring (bicyclic) bond motifs is 1. The number of aryl methyl sites for hydroxylation is 1. The van der Waals surface area contributed by atoms with Gasteiger partial charge in [0.25, 0.3) is 0 Å². The summed E-state index contributed by atoms with van der Waals surface area (Å²) >= 11 is 3.29. The van der Waals surface area contributed by atoms with Crippen molar-refractivity contribution >= 4 is 44.9 Å². The number of aromatic nitrogens is 2. The Labute approximate surface area is 149 Å². The Kier molecular flexibility index (Phi) is 5.48. The number of benzene rings is 1. The van der Waals surface area contributed by atoms with Gasteiger partial charge < -0.3 is 4.90 Å². The van der Waals surface area contributed by atoms with Crippen LogP contribution in [0.3, 0.4) is 0 Å². The zero-order valence-electron chi connectivity index (χ0n) is 13.7. The van der Waals surface area contributed by atoms with Crippen molar-refractivity contribution in [2.24, 2.45) is 0 Å². The lowest BCUT2D eigenvalue weighted by Crippen LogP contribution is -2.30. The number of thiophene rings is 1. The standard InChI is InChI=1S/C18H19N3OS2/c1-3-21(14-7-5-4-6-8-14)16(22)9-10-23-17-15-11-13(2)24-18(15)20-12-19-17/h4-8,11-12H,3,9-10H2,1-2H3. The van der Waals surface area contributed by atoms with E-state index in [0.29, 0.717) is 18.7 Å². The molecule has 0 unspecified atom stereocenters. The van der Waals surface area contributed by atoms with Crippen molar-refractivity contribution in [2.45, 2.75) is 25.3 Å². The summed E-state index contributed by atoms with van der Waals surface area (Å²) in [6, 6.07) is 11.9. The number of thioether (sulfide) groups is 1. The lowest BCUT2D eigenvalue weighted by atomic mass is 10.2. The molecule has 0 atom stereocenters. The first-order valence-electron chi connectivity index (χ1n) is 7.88. The Morgan fingerprint density at radius 3 is 2.79 bits per heavy atom. The largest absolute Gasteiger partial charge is 0.313 e. The van der Waals surface area contributed by atoms with Gasteiger partial charge in [-0.1, -0.05) is 18.2 Å². The molecule has 1 aromatic carbocycles. The van der Waals surface area contributed by atoms with Crippen molar-refractivity contribution in [2.75, 3.05) is 17.2 Å². The van der Waals surface area contributed by atoms with Gasteiger partial charge in [-0.25, -0.2) is 9.97 Å². The number of amides is 1. The van der Waals surface area contributed by atoms with Crippen molar-refractivity contribution in [1.29, 1.82) is 0 Å². The second-order valence-corrected chi connectivity index (χ2v) is 7.65. The van der Waals surface area contributed by atoms with Crippen molar-refractivity contribution < 1.29 is 4.79 Å². The number of nitrogens with zero attached hydrogens (tertiary/aromatic N) is 3. The van der Waals surface area contributed by atoms with Crippen LogP contribution in [0.1, 0.15) is 18.2 Å². The molecule has 3 aromatic rings. The highest BCUT2D eigenvalue weighted by molar-refractivity contribution is 7.99. The highest BCUT2D eigenvalue weighted by atomic mass is 32.2. The molecular weight excluding hydrogens is 338 g/mol. The van der Waals surface area contributed by atoms with Crippen LogP contribution < -0.4 is 4.90 Å². The first kappa shape index (κ1) is 16.9. The van der Waals surface area contributed by atoms with Gasteiger partial charge in [0.15, 0.2) is 0 Å². The third-order valence-electron chi connectivity index (χ3n) is 3.66. The predicted octanol–water partition coefficient (Wildman–Crippen LogP) is 4.54. The van der Waals surface area contributed by atoms with Gasteiger partial charge in [0.2, 0.25) is 5.91 Å². The van der Waals surface area contributed by atoms with Crippen LogP contribution in [0.5, 0.6) is 0 Å². The van der Waals surface area contributed by atoms with Crippen molar-refractivity contribution in [1.82, 2.24) is 9.97 Å². The Morgan fingerprint density at radius 2 is 2.04 bits per heavy atom. The molecule has 124 valence electrons. The minimum Gasteiger partial charge on any atom is -0.313 e. The Hall–Kier alpha value is -1.92. The minimum absolute atomic E-state index is 0.142. The number of hydrogen-bond donors (Lipinski definition) is 0. The molecule has 2 aromatic heterocycles. The fraction of sp³-hybridized carbons (Fsp3) is 0.278. The van der Waals surface area contributed by atoms with E-state index < -0.39 is 0 Å². The van der Waals surface area contributed by atoms with Crippen LogP contribution in [0.2, 0.25) is 0 Å². The summed E-state index contributed by atoms with van der Waals surface area (Å²) in [5.74, 6) is 0.853. The fourth-order valence-corrected chi connectivity index (χ4v) is 4.36. The van der Waals surface area contributed by atoms with Gasteiger partial charge in [-0.2, -0.15) is 0 Å². The highest BCUT2D eigenvalue weighted by Crippen LogP contribution is 2.30. The first-order valence-corrected chi connectivity index (χ1v) is 9.68. The number of anilines is 1. The summed E-state index contributed by atoms with van der Waals surface area (Å²) in [6.45, 7) is 4.75. The highest BCUT2D eigenvalue weighted by Gasteiger charge is 2.14. The van der Waals surface area contributed by atoms with E-state index >= 15 is 0 Å². The predicted molar refractivity (Wildman–Crippen MR) is 102 cm³/mol. The molecule has 6 heteroatoms. The van der Waals surface area contributed by atoms with E-state index in [1.54, 1.807) is 29.4 Å². The maximum absolute atomic E-state index is 12.5. The van der Waals surface area contributed by atoms with Crippen molar-refractivity contribution in [3.8, 4) is 0 Å². The van der Waals surface area contributed by atoms with E-state index in [9.17, 15) is 4.79 Å². The summed E-state index contributed by atoms with van der Waals surface area (Å²) in [7, 11) is 0. The van der Waals surface area contributed by atoms with Crippen LogP contribution >= 0.6 is 23.1 Å². The summed E-state index contributed by atoms with van der Waals surface area (Å²) in [5.41, 5.74) is 0.952. The molecule has 0 bridgehead atoms. The molecule has 1 amide bonds. The normalized spacial score (nSPS) is 10.9. The Morgan fingerprint density at radius 1 is 1.25 bits per heavy atom. The zero-order chi connectivity index (χ0) is 16.9. The van der Waals surface area contributed by atoms with E-state index in [2.05, 4.69) is 23.0 Å². The number of para-hydroxylation sites is 1. The van der Waals surface area contributed by atoms with Crippen LogP contribution in [0, 0.1) is 6.92 Å². The smallest absolute Gasteiger partial charge is 0.227 e. The molecule has 3 rings (SSSR count). The van der Waals surface area contributed by atoms with Crippen molar-refractivity contribution in [3.05, 3.63) is 47.6 Å². The second kappa shape index (κ2) is 7.77. The maximum Gasteiger partial charge on any atom is 0.227 e. The van der Waals surface area contributed by atoms with Crippen LogP contribution in [0.4, 0.5) is 5.69 Å². The molecule has 0 aliphatic heterocycles. The maximum atomic E-state index is 12.5. The van der Waals surface area contributed by atoms with Gasteiger partial charge in [0.05, 0.1) is 0 Å². The van der Waals surface area contributed by atoms with Crippen LogP contribution in [-0.2, 0) is 4.79 Å². The average molecular weight is 358 g/mol. The SMILES string of the molecule is CCN(C(=O)CCSc1ncnc2sc(C)cc12)c1ccccc1. The third-order valence-corrected chi connectivity index (χ3v) is 5.62. The number of carbonyl (C=O) groups is 1. The van der Waals surface area contributed by atoms with Crippen LogP contribution in [-0.4, -0.2) is 28.2 Å². The number of rotatable bonds is 6. The third kappa shape index (κ3) is 3.76. The van der Waals surface area contributed by atoms with Gasteiger partial charge in [0.1, 0.15) is 16.2 Å². The molecule has 4 nitrogen and oxygen atoms in total. The topological polar surface area (TPSA) is 46.1 Å². The van der Waals surface area contributed by atoms with Gasteiger partial charge >= 0.3 is 0 Å². The molecule has 0 radical (unpaired) electrons. The second-order valence-electron chi connectivity index (χ2n) is 5.33. The summed E-state index contributed by atoms with van der Waals surface area (Å²) in [5, 5.41) is 2.05. The molecule has 2 heterocycles. The zero-order valence-corrected chi connectivity index (χ0v) is 15.4. The lowest BCUT2D eigenvalue weighted by molar-refractivity contribution is -0.118. The van der Waals surface area contributed by atoms with Crippen molar-refractivity contribution in [3.63, 3.8) is 0 Å². The number of carbonyl (C=O) groups excluding carboxylic acids is 1. The Bertz CT molecular complexity index is 833. The first-order chi connectivity index (χ1) is 11.7. The van der Waals surface area contributed by atoms with Gasteiger partial charge in [-0.15, -0.1) is 23.1 Å². The molecule has 0 saturated heterocycles. The molecule has 0 N–H and O–H groups in total. The van der Waals surface area contributed by atoms with Gasteiger partial charge in [-0.3, -0.25) is 4.79 Å². The van der Waals surface area contributed by atoms with Gasteiger partial charge in [-0.05, 0) is 32.0 Å². The summed E-state index contributed by atoms with van der Waals surface area (Å²) in [4.78, 5) is 25.3. The van der Waals surface area contributed by atoms with E-state index in [1.807, 2.05) is 42.2 Å². The molecule has 0 aliphatic rings. The molecule has 0 spiro atoms. The molecule has 0 saturated carbocycles. The summed E-state index contributed by atoms with van der Waals surface area (Å²) in [6.07, 6.45) is 2.09. The monoisotopic (exact) mass is 357 g/mol. The number of hydrogen-bond acceptors (Lipinski definition) is 5. The molecule has 0 fully saturated rings. The quantitative estimate of drug-likeness (QED) is 0.480. The van der Waals surface area contributed by atoms with E-state index in [1.165, 1.54) is 4.88 Å². The van der Waals surface area contributed by atoms with Gasteiger partial charge in [0, 0.05) is 34.7 Å². The Balaban J connectivity index is 1.64. The van der Waals surface area contributed by atoms with E-state index in [4.69, 9.17) is 0 Å².